The zero-order chi connectivity index (χ0) is 26.5. The van der Waals surface area contributed by atoms with Gasteiger partial charge in [0.25, 0.3) is 0 Å². The van der Waals surface area contributed by atoms with Gasteiger partial charge in [-0.15, -0.1) is 0 Å². The number of pyridine rings is 1. The van der Waals surface area contributed by atoms with Gasteiger partial charge in [-0.1, -0.05) is 24.3 Å². The van der Waals surface area contributed by atoms with Gasteiger partial charge in [-0.25, -0.2) is 24.3 Å². The minimum absolute atomic E-state index is 0.147. The van der Waals surface area contributed by atoms with Crippen LogP contribution in [0.2, 0.25) is 0 Å². The summed E-state index contributed by atoms with van der Waals surface area (Å²) in [5.74, 6) is -0.0427. The molecule has 0 amide bonds. The van der Waals surface area contributed by atoms with Gasteiger partial charge >= 0.3 is 6.18 Å². The molecule has 5 rings (SSSR count). The topological polar surface area (TPSA) is 99.4 Å². The molecule has 0 unspecified atom stereocenters. The Labute approximate surface area is 207 Å². The fourth-order valence-electron chi connectivity index (χ4n) is 4.04. The molecule has 5 aromatic rings. The normalized spacial score (nSPS) is 11.9. The molecule has 37 heavy (non-hydrogen) atoms. The first kappa shape index (κ1) is 24.2. The van der Waals surface area contributed by atoms with Crippen LogP contribution >= 0.6 is 0 Å². The summed E-state index contributed by atoms with van der Waals surface area (Å²) in [6, 6.07) is 8.09. The molecular weight excluding hydrogens is 492 g/mol. The van der Waals surface area contributed by atoms with Crippen molar-refractivity contribution >= 4 is 11.2 Å². The SMILES string of the molecule is COc1ncc(F)cc1-c1ncc2c(n1)n(Cc1ccc(-c3nc(C(F)(F)F)cn3C)cc1)c(=N)n2C. The van der Waals surface area contributed by atoms with Crippen molar-refractivity contribution in [2.24, 2.45) is 14.1 Å². The highest BCUT2D eigenvalue weighted by molar-refractivity contribution is 5.74. The van der Waals surface area contributed by atoms with Gasteiger partial charge in [0, 0.05) is 25.9 Å². The average Bonchev–Trinajstić information content (AvgIpc) is 3.38. The van der Waals surface area contributed by atoms with Crippen LogP contribution in [-0.4, -0.2) is 40.7 Å². The third-order valence-electron chi connectivity index (χ3n) is 5.91. The van der Waals surface area contributed by atoms with Gasteiger partial charge in [-0.2, -0.15) is 13.2 Å². The van der Waals surface area contributed by atoms with Crippen molar-refractivity contribution in [2.45, 2.75) is 12.7 Å². The summed E-state index contributed by atoms with van der Waals surface area (Å²) < 4.78 is 62.8. The molecule has 1 N–H and O–H groups in total. The van der Waals surface area contributed by atoms with Crippen LogP contribution in [0.3, 0.4) is 0 Å². The molecule has 9 nitrogen and oxygen atoms in total. The van der Waals surface area contributed by atoms with E-state index in [2.05, 4.69) is 19.9 Å². The number of hydrogen-bond donors (Lipinski definition) is 1. The van der Waals surface area contributed by atoms with Crippen LogP contribution in [0, 0.1) is 11.2 Å². The Morgan fingerprint density at radius 2 is 1.76 bits per heavy atom. The van der Waals surface area contributed by atoms with Crippen molar-refractivity contribution in [1.82, 2.24) is 33.6 Å². The third kappa shape index (κ3) is 4.32. The number of imidazole rings is 2. The quantitative estimate of drug-likeness (QED) is 0.360. The molecular formula is C24H20F4N8O. The third-order valence-corrected chi connectivity index (χ3v) is 5.91. The molecule has 0 radical (unpaired) electrons. The number of aromatic nitrogens is 7. The molecule has 0 bridgehead atoms. The molecule has 190 valence electrons. The fourth-order valence-corrected chi connectivity index (χ4v) is 4.04. The number of aryl methyl sites for hydroxylation is 2. The molecule has 1 aromatic carbocycles. The lowest BCUT2D eigenvalue weighted by atomic mass is 10.1. The largest absolute Gasteiger partial charge is 0.480 e. The predicted octanol–water partition coefficient (Wildman–Crippen LogP) is 3.93. The highest BCUT2D eigenvalue weighted by Gasteiger charge is 2.34. The minimum atomic E-state index is -4.53. The lowest BCUT2D eigenvalue weighted by molar-refractivity contribution is -0.140. The summed E-state index contributed by atoms with van der Waals surface area (Å²) in [7, 11) is 4.62. The number of fused-ring (bicyclic) bond motifs is 1. The standard InChI is InChI=1S/C24H20F4N8O/c1-34-12-18(24(26,27)28)32-20(34)14-6-4-13(5-7-14)11-36-21-17(35(2)23(36)29)10-30-19(33-21)16-8-15(25)9-31-22(16)37-3/h4-10,12,29H,11H2,1-3H3. The maximum Gasteiger partial charge on any atom is 0.434 e. The number of halogens is 4. The van der Waals surface area contributed by atoms with Crippen molar-refractivity contribution < 1.29 is 22.3 Å². The fraction of sp³-hybridized carbons (Fsp3) is 0.208. The predicted molar refractivity (Wildman–Crippen MR) is 125 cm³/mol. The number of nitrogens with one attached hydrogen (secondary N) is 1. The second-order valence-corrected chi connectivity index (χ2v) is 8.34. The molecule has 13 heteroatoms. The second kappa shape index (κ2) is 8.84. The first-order chi connectivity index (χ1) is 17.6. The maximum atomic E-state index is 13.9. The summed E-state index contributed by atoms with van der Waals surface area (Å²) in [5.41, 5.74) is 1.78. The molecule has 4 aromatic heterocycles. The lowest BCUT2D eigenvalue weighted by Gasteiger charge is -2.08. The Balaban J connectivity index is 1.52. The molecule has 0 aliphatic rings. The number of hydrogen-bond acceptors (Lipinski definition) is 6. The maximum absolute atomic E-state index is 13.9. The number of methoxy groups -OCH3 is 1. The van der Waals surface area contributed by atoms with Crippen LogP contribution in [0.25, 0.3) is 33.9 Å². The van der Waals surface area contributed by atoms with E-state index in [4.69, 9.17) is 10.1 Å². The molecule has 4 heterocycles. The summed E-state index contributed by atoms with van der Waals surface area (Å²) >= 11 is 0. The highest BCUT2D eigenvalue weighted by Crippen LogP contribution is 2.31. The van der Waals surface area contributed by atoms with E-state index in [0.29, 0.717) is 16.7 Å². The zero-order valence-corrected chi connectivity index (χ0v) is 19.9. The zero-order valence-electron chi connectivity index (χ0n) is 19.9. The first-order valence-corrected chi connectivity index (χ1v) is 10.9. The van der Waals surface area contributed by atoms with Crippen LogP contribution in [0.15, 0.2) is 48.9 Å². The Morgan fingerprint density at radius 3 is 2.41 bits per heavy atom. The van der Waals surface area contributed by atoms with E-state index in [-0.39, 0.29) is 35.3 Å². The Bertz CT molecular complexity index is 1680. The van der Waals surface area contributed by atoms with Crippen molar-refractivity contribution in [3.05, 3.63) is 71.6 Å². The Hall–Kier alpha value is -4.55. The number of benzene rings is 1. The molecule has 0 aliphatic heterocycles. The van der Waals surface area contributed by atoms with Crippen molar-refractivity contribution in [2.75, 3.05) is 7.11 Å². The van der Waals surface area contributed by atoms with Gasteiger partial charge in [0.2, 0.25) is 11.5 Å². The highest BCUT2D eigenvalue weighted by atomic mass is 19.4. The van der Waals surface area contributed by atoms with Gasteiger partial charge in [0.05, 0.1) is 31.6 Å². The number of nitrogens with zero attached hydrogens (tertiary/aromatic N) is 7. The summed E-state index contributed by atoms with van der Waals surface area (Å²) in [6.45, 7) is 0.250. The van der Waals surface area contributed by atoms with E-state index >= 15 is 0 Å². The van der Waals surface area contributed by atoms with Gasteiger partial charge in [-0.05, 0) is 11.6 Å². The molecule has 0 spiro atoms. The van der Waals surface area contributed by atoms with E-state index in [0.717, 1.165) is 18.0 Å². The molecule has 0 atom stereocenters. The van der Waals surface area contributed by atoms with Crippen molar-refractivity contribution in [3.63, 3.8) is 0 Å². The van der Waals surface area contributed by atoms with Gasteiger partial charge in [0.15, 0.2) is 17.2 Å². The van der Waals surface area contributed by atoms with Crippen LogP contribution in [-0.2, 0) is 26.8 Å². The van der Waals surface area contributed by atoms with Crippen LogP contribution < -0.4 is 10.4 Å². The number of rotatable bonds is 5. The van der Waals surface area contributed by atoms with Crippen LogP contribution in [0.5, 0.6) is 5.88 Å². The van der Waals surface area contributed by atoms with Crippen molar-refractivity contribution in [1.29, 1.82) is 5.41 Å². The van der Waals surface area contributed by atoms with Gasteiger partial charge in [0.1, 0.15) is 17.2 Å². The average molecular weight is 512 g/mol. The molecule has 0 aliphatic carbocycles. The number of alkyl halides is 3. The summed E-state index contributed by atoms with van der Waals surface area (Å²) in [4.78, 5) is 16.5. The van der Waals surface area contributed by atoms with Crippen LogP contribution in [0.4, 0.5) is 17.6 Å². The summed E-state index contributed by atoms with van der Waals surface area (Å²) in [6.07, 6.45) is -1.01. The first-order valence-electron chi connectivity index (χ1n) is 10.9. The Kier molecular flexibility index (Phi) is 5.77. The van der Waals surface area contributed by atoms with Crippen LogP contribution in [0.1, 0.15) is 11.3 Å². The Morgan fingerprint density at radius 1 is 1.03 bits per heavy atom. The molecule has 0 saturated heterocycles. The van der Waals surface area contributed by atoms with Gasteiger partial charge < -0.3 is 13.9 Å². The second-order valence-electron chi connectivity index (χ2n) is 8.34. The number of ether oxygens (including phenoxy) is 1. The van der Waals surface area contributed by atoms with E-state index in [1.807, 2.05) is 0 Å². The summed E-state index contributed by atoms with van der Waals surface area (Å²) in [5, 5.41) is 8.57. The smallest absolute Gasteiger partial charge is 0.434 e. The van der Waals surface area contributed by atoms with Gasteiger partial charge in [-0.3, -0.25) is 9.98 Å². The lowest BCUT2D eigenvalue weighted by Crippen LogP contribution is -2.23. The van der Waals surface area contributed by atoms with E-state index in [9.17, 15) is 17.6 Å². The molecule has 0 fully saturated rings. The van der Waals surface area contributed by atoms with E-state index < -0.39 is 17.7 Å². The van der Waals surface area contributed by atoms with E-state index in [1.165, 1.54) is 24.8 Å². The van der Waals surface area contributed by atoms with Crippen molar-refractivity contribution in [3.8, 4) is 28.7 Å². The monoisotopic (exact) mass is 512 g/mol. The van der Waals surface area contributed by atoms with E-state index in [1.54, 1.807) is 46.6 Å². The minimum Gasteiger partial charge on any atom is -0.480 e. The molecule has 0 saturated carbocycles.